The van der Waals surface area contributed by atoms with E-state index < -0.39 is 0 Å². The van der Waals surface area contributed by atoms with Crippen molar-refractivity contribution in [1.29, 1.82) is 0 Å². The van der Waals surface area contributed by atoms with E-state index in [-0.39, 0.29) is 0 Å². The van der Waals surface area contributed by atoms with Gasteiger partial charge >= 0.3 is 6.01 Å². The van der Waals surface area contributed by atoms with Crippen molar-refractivity contribution in [3.63, 3.8) is 0 Å². The summed E-state index contributed by atoms with van der Waals surface area (Å²) in [5.41, 5.74) is 3.32. The molecule has 2 atom stereocenters. The van der Waals surface area contributed by atoms with Gasteiger partial charge in [0, 0.05) is 61.0 Å². The molecule has 3 aliphatic heterocycles. The van der Waals surface area contributed by atoms with Crippen LogP contribution in [-0.4, -0.2) is 78.4 Å². The van der Waals surface area contributed by atoms with E-state index in [2.05, 4.69) is 52.2 Å². The molecule has 2 N–H and O–H groups in total. The van der Waals surface area contributed by atoms with Gasteiger partial charge in [-0.3, -0.25) is 0 Å². The second-order valence-electron chi connectivity index (χ2n) is 10.7. The van der Waals surface area contributed by atoms with E-state index in [4.69, 9.17) is 14.7 Å². The number of likely N-dealkylation sites (N-methyl/N-ethyl adjacent to an activating group) is 1. The van der Waals surface area contributed by atoms with Crippen LogP contribution in [0.3, 0.4) is 0 Å². The Labute approximate surface area is 219 Å². The van der Waals surface area contributed by atoms with Crippen molar-refractivity contribution in [3.8, 4) is 11.8 Å². The molecule has 0 spiro atoms. The van der Waals surface area contributed by atoms with Crippen molar-refractivity contribution in [2.75, 3.05) is 56.2 Å². The summed E-state index contributed by atoms with van der Waals surface area (Å²) in [5.74, 6) is 1.33. The van der Waals surface area contributed by atoms with Crippen LogP contribution in [0, 0.1) is 0 Å². The van der Waals surface area contributed by atoms with Crippen LogP contribution in [0.4, 0.5) is 11.5 Å². The number of nitrogens with one attached hydrogen (secondary N) is 1. The maximum atomic E-state index is 10.4. The zero-order valence-corrected chi connectivity index (χ0v) is 22.0. The molecule has 37 heavy (non-hydrogen) atoms. The fourth-order valence-corrected chi connectivity index (χ4v) is 6.11. The largest absolute Gasteiger partial charge is 0.508 e. The van der Waals surface area contributed by atoms with Crippen LogP contribution in [-0.2, 0) is 13.0 Å². The van der Waals surface area contributed by atoms with Crippen LogP contribution < -0.4 is 19.9 Å². The second kappa shape index (κ2) is 10.3. The molecule has 0 amide bonds. The van der Waals surface area contributed by atoms with Gasteiger partial charge in [0.05, 0.1) is 12.2 Å². The number of phenolic OH excluding ortho intramolecular Hbond substituents is 1. The fraction of sp³-hybridized carbons (Fsp3) is 0.517. The van der Waals surface area contributed by atoms with Gasteiger partial charge in [0.2, 0.25) is 0 Å². The number of rotatable bonds is 6. The molecule has 8 heteroatoms. The SMILES string of the molecule is CCC1CN(c2nc(OC[C@H]3CCCN3C)nc3c2CCN(c2cc(O)cc4ccccc24)C3)CCN1. The Balaban J connectivity index is 1.34. The van der Waals surface area contributed by atoms with Gasteiger partial charge in [-0.2, -0.15) is 9.97 Å². The van der Waals surface area contributed by atoms with Gasteiger partial charge in [0.15, 0.2) is 0 Å². The van der Waals surface area contributed by atoms with E-state index in [0.29, 0.717) is 37.0 Å². The zero-order chi connectivity index (χ0) is 25.4. The summed E-state index contributed by atoms with van der Waals surface area (Å²) in [6, 6.07) is 13.3. The van der Waals surface area contributed by atoms with Crippen molar-refractivity contribution in [3.05, 3.63) is 47.7 Å². The molecule has 0 radical (unpaired) electrons. The molecule has 0 saturated carbocycles. The summed E-state index contributed by atoms with van der Waals surface area (Å²) in [6.07, 6.45) is 4.33. The number of fused-ring (bicyclic) bond motifs is 2. The summed E-state index contributed by atoms with van der Waals surface area (Å²) >= 11 is 0. The van der Waals surface area contributed by atoms with Crippen LogP contribution in [0.25, 0.3) is 10.8 Å². The van der Waals surface area contributed by atoms with Gasteiger partial charge in [-0.25, -0.2) is 0 Å². The van der Waals surface area contributed by atoms with Gasteiger partial charge in [-0.05, 0) is 50.7 Å². The Morgan fingerprint density at radius 1 is 1.11 bits per heavy atom. The maximum Gasteiger partial charge on any atom is 0.318 e. The molecule has 8 nitrogen and oxygen atoms in total. The first-order valence-electron chi connectivity index (χ1n) is 13.8. The Bertz CT molecular complexity index is 1270. The average molecular weight is 503 g/mol. The summed E-state index contributed by atoms with van der Waals surface area (Å²) in [4.78, 5) is 17.1. The lowest BCUT2D eigenvalue weighted by molar-refractivity contribution is 0.187. The third-order valence-corrected chi connectivity index (χ3v) is 8.31. The predicted molar refractivity (Wildman–Crippen MR) is 148 cm³/mol. The number of aromatic hydroxyl groups is 1. The minimum absolute atomic E-state index is 0.291. The molecule has 6 rings (SSSR count). The number of phenols is 1. The standard InChI is InChI=1S/C29H38N6O2/c1-3-21-17-35(14-11-30-21)28-25-10-13-34(27-16-23(36)15-20-7-4-5-9-24(20)27)18-26(25)31-29(32-28)37-19-22-8-6-12-33(22)2/h4-5,7,9,15-16,21-22,30,36H,3,6,8,10-14,17-19H2,1-2H3/t21?,22-/m1/s1. The lowest BCUT2D eigenvalue weighted by Crippen LogP contribution is -2.51. The Hall–Kier alpha value is -3.10. The number of nitrogens with zero attached hydrogens (tertiary/aromatic N) is 5. The second-order valence-corrected chi connectivity index (χ2v) is 10.7. The summed E-state index contributed by atoms with van der Waals surface area (Å²) in [7, 11) is 2.17. The van der Waals surface area contributed by atoms with Crippen molar-refractivity contribution in [2.45, 2.75) is 51.2 Å². The Kier molecular flexibility index (Phi) is 6.78. The van der Waals surface area contributed by atoms with E-state index >= 15 is 0 Å². The number of hydrogen-bond donors (Lipinski definition) is 2. The summed E-state index contributed by atoms with van der Waals surface area (Å²) < 4.78 is 6.28. The number of ether oxygens (including phenoxy) is 1. The first kappa shape index (κ1) is 24.2. The molecule has 4 heterocycles. The molecular weight excluding hydrogens is 464 g/mol. The Morgan fingerprint density at radius 3 is 2.84 bits per heavy atom. The molecule has 3 aliphatic rings. The first-order valence-corrected chi connectivity index (χ1v) is 13.8. The first-order chi connectivity index (χ1) is 18.1. The number of aromatic nitrogens is 2. The number of likely N-dealkylation sites (tertiary alicyclic amines) is 1. The molecule has 2 saturated heterocycles. The molecule has 2 fully saturated rings. The highest BCUT2D eigenvalue weighted by molar-refractivity contribution is 5.95. The number of piperazine rings is 1. The normalized spacial score (nSPS) is 22.4. The number of anilines is 2. The Morgan fingerprint density at radius 2 is 2.00 bits per heavy atom. The lowest BCUT2D eigenvalue weighted by atomic mass is 10.0. The van der Waals surface area contributed by atoms with Gasteiger partial charge in [0.25, 0.3) is 0 Å². The third kappa shape index (κ3) is 4.92. The molecule has 3 aromatic rings. The maximum absolute atomic E-state index is 10.4. The van der Waals surface area contributed by atoms with E-state index in [9.17, 15) is 5.11 Å². The smallest absolute Gasteiger partial charge is 0.318 e. The van der Waals surface area contributed by atoms with Crippen LogP contribution >= 0.6 is 0 Å². The van der Waals surface area contributed by atoms with Gasteiger partial charge in [-0.1, -0.05) is 31.2 Å². The molecule has 1 aromatic heterocycles. The molecule has 196 valence electrons. The molecule has 0 aliphatic carbocycles. The van der Waals surface area contributed by atoms with E-state index in [0.717, 1.165) is 80.0 Å². The fourth-order valence-electron chi connectivity index (χ4n) is 6.11. The third-order valence-electron chi connectivity index (χ3n) is 8.31. The number of benzene rings is 2. The van der Waals surface area contributed by atoms with E-state index in [1.165, 1.54) is 12.0 Å². The monoisotopic (exact) mass is 502 g/mol. The summed E-state index contributed by atoms with van der Waals surface area (Å²) in [5, 5.41) is 16.3. The van der Waals surface area contributed by atoms with Crippen LogP contribution in [0.15, 0.2) is 36.4 Å². The highest BCUT2D eigenvalue weighted by Gasteiger charge is 2.29. The van der Waals surface area contributed by atoms with Gasteiger partial charge in [0.1, 0.15) is 18.2 Å². The molecular formula is C29H38N6O2. The lowest BCUT2D eigenvalue weighted by Gasteiger charge is -2.37. The highest BCUT2D eigenvalue weighted by atomic mass is 16.5. The van der Waals surface area contributed by atoms with Gasteiger partial charge in [-0.15, -0.1) is 0 Å². The predicted octanol–water partition coefficient (Wildman–Crippen LogP) is 3.56. The van der Waals surface area contributed by atoms with Crippen LogP contribution in [0.2, 0.25) is 0 Å². The zero-order valence-electron chi connectivity index (χ0n) is 22.0. The van der Waals surface area contributed by atoms with Crippen LogP contribution in [0.5, 0.6) is 11.8 Å². The van der Waals surface area contributed by atoms with E-state index in [1.807, 2.05) is 18.2 Å². The topological polar surface area (TPSA) is 77.0 Å². The molecule has 0 bridgehead atoms. The molecule has 1 unspecified atom stereocenters. The van der Waals surface area contributed by atoms with Crippen molar-refractivity contribution >= 4 is 22.3 Å². The van der Waals surface area contributed by atoms with Crippen molar-refractivity contribution in [1.82, 2.24) is 20.2 Å². The highest BCUT2D eigenvalue weighted by Crippen LogP contribution is 2.36. The van der Waals surface area contributed by atoms with Crippen LogP contribution in [0.1, 0.15) is 37.4 Å². The molecule has 2 aromatic carbocycles. The van der Waals surface area contributed by atoms with Crippen molar-refractivity contribution < 1.29 is 9.84 Å². The number of hydrogen-bond acceptors (Lipinski definition) is 8. The minimum Gasteiger partial charge on any atom is -0.508 e. The van der Waals surface area contributed by atoms with Crippen molar-refractivity contribution in [2.24, 2.45) is 0 Å². The summed E-state index contributed by atoms with van der Waals surface area (Å²) in [6.45, 7) is 8.35. The van der Waals surface area contributed by atoms with Gasteiger partial charge < -0.3 is 29.9 Å². The minimum atomic E-state index is 0.291. The van der Waals surface area contributed by atoms with E-state index in [1.54, 1.807) is 0 Å². The quantitative estimate of drug-likeness (QED) is 0.530. The average Bonchev–Trinajstić information content (AvgIpc) is 3.35.